The van der Waals surface area contributed by atoms with Gasteiger partial charge in [0.25, 0.3) is 5.91 Å². The van der Waals surface area contributed by atoms with Gasteiger partial charge in [0.05, 0.1) is 12.8 Å². The van der Waals surface area contributed by atoms with Crippen LogP contribution in [0.25, 0.3) is 0 Å². The molecular formula is C15H14NO4S-. The highest BCUT2D eigenvalue weighted by Crippen LogP contribution is 2.26. The van der Waals surface area contributed by atoms with Crippen molar-refractivity contribution in [3.63, 3.8) is 0 Å². The second kappa shape index (κ2) is 7.01. The van der Waals surface area contributed by atoms with Gasteiger partial charge in [-0.1, -0.05) is 35.3 Å². The van der Waals surface area contributed by atoms with Crippen molar-refractivity contribution in [2.45, 2.75) is 5.75 Å². The van der Waals surface area contributed by atoms with Crippen LogP contribution in [0.1, 0.15) is 15.9 Å². The number of carbonyl (C=O) groups is 1. The Bertz CT molecular complexity index is 658. The number of rotatable bonds is 5. The van der Waals surface area contributed by atoms with Crippen molar-refractivity contribution in [2.75, 3.05) is 12.4 Å². The smallest absolute Gasteiger partial charge is 0.255 e. The fourth-order valence-corrected chi connectivity index (χ4v) is 2.31. The molecule has 1 N–H and O–H groups in total. The van der Waals surface area contributed by atoms with Crippen LogP contribution in [0.2, 0.25) is 0 Å². The quantitative estimate of drug-likeness (QED) is 0.860. The SMILES string of the molecule is COc1ccc(CS(=O)[O-])cc1NC(=O)c1ccccc1. The van der Waals surface area contributed by atoms with Crippen LogP contribution in [-0.4, -0.2) is 21.8 Å². The topological polar surface area (TPSA) is 78.5 Å². The van der Waals surface area contributed by atoms with E-state index in [9.17, 15) is 13.6 Å². The summed E-state index contributed by atoms with van der Waals surface area (Å²) in [4.78, 5) is 12.1. The van der Waals surface area contributed by atoms with Gasteiger partial charge < -0.3 is 14.6 Å². The molecule has 1 unspecified atom stereocenters. The number of amides is 1. The van der Waals surface area contributed by atoms with Crippen molar-refractivity contribution in [3.05, 3.63) is 59.7 Å². The third-order valence-corrected chi connectivity index (χ3v) is 3.40. The van der Waals surface area contributed by atoms with E-state index in [0.717, 1.165) is 0 Å². The lowest BCUT2D eigenvalue weighted by Gasteiger charge is -2.13. The van der Waals surface area contributed by atoms with Crippen LogP contribution >= 0.6 is 0 Å². The number of nitrogens with one attached hydrogen (secondary N) is 1. The lowest BCUT2D eigenvalue weighted by atomic mass is 10.1. The first kappa shape index (κ1) is 15.2. The van der Waals surface area contributed by atoms with Gasteiger partial charge in [-0.3, -0.25) is 9.00 Å². The molecule has 1 amide bonds. The summed E-state index contributed by atoms with van der Waals surface area (Å²) in [6, 6.07) is 13.6. The first-order valence-electron chi connectivity index (χ1n) is 6.19. The molecule has 2 aromatic rings. The van der Waals surface area contributed by atoms with Crippen molar-refractivity contribution in [3.8, 4) is 5.75 Å². The molecule has 1 atom stereocenters. The zero-order valence-electron chi connectivity index (χ0n) is 11.4. The van der Waals surface area contributed by atoms with Crippen molar-refractivity contribution in [1.29, 1.82) is 0 Å². The Morgan fingerprint density at radius 2 is 1.95 bits per heavy atom. The predicted octanol–water partition coefficient (Wildman–Crippen LogP) is 2.33. The summed E-state index contributed by atoms with van der Waals surface area (Å²) in [5.41, 5.74) is 1.53. The third kappa shape index (κ3) is 4.14. The minimum absolute atomic E-state index is 0.113. The maximum Gasteiger partial charge on any atom is 0.255 e. The van der Waals surface area contributed by atoms with Gasteiger partial charge in [-0.05, 0) is 29.8 Å². The summed E-state index contributed by atoms with van der Waals surface area (Å²) in [7, 11) is 1.49. The molecule has 0 spiro atoms. The fraction of sp³-hybridized carbons (Fsp3) is 0.133. The highest BCUT2D eigenvalue weighted by molar-refractivity contribution is 7.78. The third-order valence-electron chi connectivity index (χ3n) is 2.83. The molecule has 0 aliphatic heterocycles. The highest BCUT2D eigenvalue weighted by atomic mass is 32.2. The van der Waals surface area contributed by atoms with Crippen molar-refractivity contribution in [1.82, 2.24) is 0 Å². The molecule has 0 radical (unpaired) electrons. The number of methoxy groups -OCH3 is 1. The van der Waals surface area contributed by atoms with Gasteiger partial charge >= 0.3 is 0 Å². The Morgan fingerprint density at radius 1 is 1.24 bits per heavy atom. The van der Waals surface area contributed by atoms with E-state index in [1.807, 2.05) is 6.07 Å². The molecule has 5 nitrogen and oxygen atoms in total. The summed E-state index contributed by atoms with van der Waals surface area (Å²) in [5.74, 6) is 0.0760. The Labute approximate surface area is 125 Å². The minimum Gasteiger partial charge on any atom is -0.772 e. The van der Waals surface area contributed by atoms with Crippen molar-refractivity contribution < 1.29 is 18.3 Å². The van der Waals surface area contributed by atoms with Gasteiger partial charge in [0.15, 0.2) is 0 Å². The number of benzene rings is 2. The Hall–Kier alpha value is -2.18. The largest absolute Gasteiger partial charge is 0.772 e. The van der Waals surface area contributed by atoms with E-state index < -0.39 is 11.1 Å². The molecule has 2 rings (SSSR count). The van der Waals surface area contributed by atoms with E-state index in [0.29, 0.717) is 22.6 Å². The monoisotopic (exact) mass is 304 g/mol. The second-order valence-corrected chi connectivity index (χ2v) is 5.20. The number of hydrogen-bond acceptors (Lipinski definition) is 4. The zero-order chi connectivity index (χ0) is 15.2. The number of anilines is 1. The normalized spacial score (nSPS) is 11.7. The molecule has 0 heterocycles. The lowest BCUT2D eigenvalue weighted by molar-refractivity contribution is 0.102. The molecule has 2 aromatic carbocycles. The molecule has 0 bridgehead atoms. The van der Waals surface area contributed by atoms with Gasteiger partial charge in [0, 0.05) is 11.3 Å². The van der Waals surface area contributed by atoms with E-state index in [1.165, 1.54) is 7.11 Å². The average Bonchev–Trinajstić information content (AvgIpc) is 2.48. The number of carbonyl (C=O) groups excluding carboxylic acids is 1. The van der Waals surface area contributed by atoms with Gasteiger partial charge in [-0.2, -0.15) is 0 Å². The standard InChI is InChI=1S/C15H15NO4S/c1-20-14-8-7-11(10-21(18)19)9-13(14)16-15(17)12-5-3-2-4-6-12/h2-9H,10H2,1H3,(H,16,17)(H,18,19)/p-1. The van der Waals surface area contributed by atoms with Crippen LogP contribution in [0.15, 0.2) is 48.5 Å². The van der Waals surface area contributed by atoms with E-state index in [4.69, 9.17) is 4.74 Å². The second-order valence-electron chi connectivity index (χ2n) is 4.30. The highest BCUT2D eigenvalue weighted by Gasteiger charge is 2.10. The van der Waals surface area contributed by atoms with Crippen LogP contribution in [0.4, 0.5) is 5.69 Å². The molecule has 110 valence electrons. The van der Waals surface area contributed by atoms with Gasteiger partial charge in [0.2, 0.25) is 0 Å². The van der Waals surface area contributed by atoms with E-state index in [1.54, 1.807) is 42.5 Å². The maximum absolute atomic E-state index is 12.1. The summed E-state index contributed by atoms with van der Waals surface area (Å²) in [6.07, 6.45) is 0. The van der Waals surface area contributed by atoms with Crippen LogP contribution in [0, 0.1) is 0 Å². The Balaban J connectivity index is 2.25. The van der Waals surface area contributed by atoms with Gasteiger partial charge in [-0.25, -0.2) is 0 Å². The molecule has 0 saturated heterocycles. The molecule has 0 fully saturated rings. The van der Waals surface area contributed by atoms with Crippen molar-refractivity contribution >= 4 is 22.7 Å². The van der Waals surface area contributed by atoms with Gasteiger partial charge in [0.1, 0.15) is 5.75 Å². The van der Waals surface area contributed by atoms with Crippen LogP contribution in [-0.2, 0) is 16.8 Å². The first-order valence-corrected chi connectivity index (χ1v) is 7.43. The van der Waals surface area contributed by atoms with E-state index in [-0.39, 0.29) is 11.7 Å². The molecule has 0 aromatic heterocycles. The summed E-state index contributed by atoms with van der Waals surface area (Å²) in [6.45, 7) is 0. The molecule has 0 aliphatic rings. The average molecular weight is 304 g/mol. The Morgan fingerprint density at radius 3 is 2.57 bits per heavy atom. The van der Waals surface area contributed by atoms with Crippen LogP contribution in [0.3, 0.4) is 0 Å². The fourth-order valence-electron chi connectivity index (χ4n) is 1.86. The van der Waals surface area contributed by atoms with E-state index >= 15 is 0 Å². The molecule has 6 heteroatoms. The molecule has 21 heavy (non-hydrogen) atoms. The first-order chi connectivity index (χ1) is 10.1. The molecule has 0 aliphatic carbocycles. The minimum atomic E-state index is -2.19. The van der Waals surface area contributed by atoms with Gasteiger partial charge in [-0.15, -0.1) is 0 Å². The maximum atomic E-state index is 12.1. The zero-order valence-corrected chi connectivity index (χ0v) is 12.2. The van der Waals surface area contributed by atoms with Crippen LogP contribution in [0.5, 0.6) is 5.75 Å². The summed E-state index contributed by atoms with van der Waals surface area (Å²) >= 11 is -2.19. The predicted molar refractivity (Wildman–Crippen MR) is 80.0 cm³/mol. The van der Waals surface area contributed by atoms with Crippen molar-refractivity contribution in [2.24, 2.45) is 0 Å². The number of ether oxygens (including phenoxy) is 1. The summed E-state index contributed by atoms with van der Waals surface area (Å²) in [5, 5.41) is 2.73. The van der Waals surface area contributed by atoms with Crippen LogP contribution < -0.4 is 10.1 Å². The van der Waals surface area contributed by atoms with E-state index in [2.05, 4.69) is 5.32 Å². The summed E-state index contributed by atoms with van der Waals surface area (Å²) < 4.78 is 26.7. The Kier molecular flexibility index (Phi) is 5.08. The molecular weight excluding hydrogens is 290 g/mol. The number of hydrogen-bond donors (Lipinski definition) is 1. The lowest BCUT2D eigenvalue weighted by Crippen LogP contribution is -2.12. The molecule has 0 saturated carbocycles.